The third-order valence-corrected chi connectivity index (χ3v) is 6.11. The Labute approximate surface area is 193 Å². The van der Waals surface area contributed by atoms with Crippen LogP contribution in [0.3, 0.4) is 0 Å². The minimum atomic E-state index is -0.968. The smallest absolute Gasteiger partial charge is 0.339 e. The highest BCUT2D eigenvalue weighted by Crippen LogP contribution is 2.30. The number of oxime groups is 1. The largest absolute Gasteiger partial charge is 0.481 e. The van der Waals surface area contributed by atoms with E-state index in [0.29, 0.717) is 41.0 Å². The first-order valence-electron chi connectivity index (χ1n) is 10.7. The molecule has 0 bridgehead atoms. The molecule has 0 fully saturated rings. The average Bonchev–Trinajstić information content (AvgIpc) is 3.18. The lowest BCUT2D eigenvalue weighted by atomic mass is 10.0. The zero-order chi connectivity index (χ0) is 23.6. The summed E-state index contributed by atoms with van der Waals surface area (Å²) in [4.78, 5) is 35.1. The van der Waals surface area contributed by atoms with E-state index in [1.165, 1.54) is 17.8 Å². The first-order valence-corrected chi connectivity index (χ1v) is 11.7. The Morgan fingerprint density at radius 1 is 1.44 bits per heavy atom. The third kappa shape index (κ3) is 7.16. The van der Waals surface area contributed by atoms with E-state index in [9.17, 15) is 9.59 Å². The van der Waals surface area contributed by atoms with Crippen molar-refractivity contribution in [3.63, 3.8) is 0 Å². The number of hydrogen-bond acceptors (Lipinski definition) is 8. The van der Waals surface area contributed by atoms with Gasteiger partial charge in [-0.15, -0.1) is 18.2 Å². The minimum Gasteiger partial charge on any atom is -0.481 e. The molecule has 0 saturated heterocycles. The number of hydrogen-bond donors (Lipinski definition) is 1. The molecule has 2 heterocycles. The molecule has 32 heavy (non-hydrogen) atoms. The van der Waals surface area contributed by atoms with Gasteiger partial charge in [0, 0.05) is 11.8 Å². The fraction of sp³-hybridized carbons (Fsp3) is 0.565. The van der Waals surface area contributed by atoms with Crippen LogP contribution in [0.4, 0.5) is 0 Å². The number of rotatable bonds is 12. The fourth-order valence-corrected chi connectivity index (χ4v) is 4.06. The van der Waals surface area contributed by atoms with Crippen LogP contribution in [-0.4, -0.2) is 41.2 Å². The normalized spacial score (nSPS) is 19.1. The number of nitrogens with one attached hydrogen (secondary N) is 1. The van der Waals surface area contributed by atoms with E-state index in [1.807, 2.05) is 13.8 Å². The van der Waals surface area contributed by atoms with Crippen molar-refractivity contribution in [2.24, 2.45) is 10.1 Å². The molecular weight excluding hydrogens is 430 g/mol. The van der Waals surface area contributed by atoms with Crippen molar-refractivity contribution in [2.75, 3.05) is 19.0 Å². The van der Waals surface area contributed by atoms with Crippen molar-refractivity contribution in [3.05, 3.63) is 28.3 Å². The SMILES string of the molecule is C#CCOc1cc([C@@H](CCC)NC(=O)[C@]2(C)CSC(/C(C)=N/OCCCC)=N2)oc(=O)c1. The van der Waals surface area contributed by atoms with Gasteiger partial charge in [-0.1, -0.05) is 37.8 Å². The first kappa shape index (κ1) is 25.5. The second-order valence-corrected chi connectivity index (χ2v) is 8.63. The summed E-state index contributed by atoms with van der Waals surface area (Å²) in [7, 11) is 0. The van der Waals surface area contributed by atoms with Gasteiger partial charge in [0.1, 0.15) is 41.0 Å². The van der Waals surface area contributed by atoms with E-state index < -0.39 is 17.2 Å². The summed E-state index contributed by atoms with van der Waals surface area (Å²) in [5, 5.41) is 7.78. The number of terminal acetylenes is 1. The van der Waals surface area contributed by atoms with E-state index in [4.69, 9.17) is 20.4 Å². The number of unbranched alkanes of at least 4 members (excludes halogenated alkanes) is 1. The molecule has 0 unspecified atom stereocenters. The number of aliphatic imine (C=N–C) groups is 1. The molecular formula is C23H31N3O5S. The van der Waals surface area contributed by atoms with Crippen LogP contribution in [0, 0.1) is 12.3 Å². The van der Waals surface area contributed by atoms with E-state index in [1.54, 1.807) is 13.0 Å². The summed E-state index contributed by atoms with van der Waals surface area (Å²) < 4.78 is 10.7. The van der Waals surface area contributed by atoms with Gasteiger partial charge in [0.05, 0.1) is 12.1 Å². The van der Waals surface area contributed by atoms with E-state index >= 15 is 0 Å². The summed E-state index contributed by atoms with van der Waals surface area (Å²) in [6.45, 7) is 8.24. The highest BCUT2D eigenvalue weighted by molar-refractivity contribution is 8.16. The van der Waals surface area contributed by atoms with Crippen LogP contribution in [-0.2, 0) is 9.63 Å². The topological polar surface area (TPSA) is 102 Å². The van der Waals surface area contributed by atoms with Crippen LogP contribution >= 0.6 is 11.8 Å². The minimum absolute atomic E-state index is 0.0313. The maximum absolute atomic E-state index is 13.2. The Hall–Kier alpha value is -2.73. The molecule has 2 atom stereocenters. The molecule has 1 aliphatic heterocycles. The predicted molar refractivity (Wildman–Crippen MR) is 127 cm³/mol. The van der Waals surface area contributed by atoms with Gasteiger partial charge in [0.2, 0.25) is 5.91 Å². The average molecular weight is 462 g/mol. The molecule has 1 aliphatic rings. The lowest BCUT2D eigenvalue weighted by molar-refractivity contribution is -0.125. The van der Waals surface area contributed by atoms with Crippen LogP contribution in [0.25, 0.3) is 0 Å². The zero-order valence-corrected chi connectivity index (χ0v) is 19.9. The molecule has 0 aromatic carbocycles. The molecule has 1 aromatic rings. The van der Waals surface area contributed by atoms with Gasteiger partial charge in [0.25, 0.3) is 0 Å². The van der Waals surface area contributed by atoms with Crippen molar-refractivity contribution < 1.29 is 18.8 Å². The van der Waals surface area contributed by atoms with Gasteiger partial charge in [-0.05, 0) is 26.7 Å². The van der Waals surface area contributed by atoms with Gasteiger partial charge < -0.3 is 19.3 Å². The van der Waals surface area contributed by atoms with Crippen LogP contribution in [0.5, 0.6) is 5.75 Å². The summed E-state index contributed by atoms with van der Waals surface area (Å²) in [6.07, 6.45) is 8.53. The lowest BCUT2D eigenvalue weighted by Gasteiger charge is -2.24. The second kappa shape index (κ2) is 12.3. The quantitative estimate of drug-likeness (QED) is 0.220. The number of nitrogens with zero attached hydrogens (tertiary/aromatic N) is 2. The number of ether oxygens (including phenoxy) is 1. The molecule has 0 radical (unpaired) electrons. The van der Waals surface area contributed by atoms with Gasteiger partial charge >= 0.3 is 5.63 Å². The van der Waals surface area contributed by atoms with Crippen molar-refractivity contribution in [2.45, 2.75) is 65.0 Å². The molecule has 1 N–H and O–H groups in total. The van der Waals surface area contributed by atoms with Gasteiger partial charge in [0.15, 0.2) is 0 Å². The monoisotopic (exact) mass is 461 g/mol. The molecule has 0 aliphatic carbocycles. The van der Waals surface area contributed by atoms with E-state index in [-0.39, 0.29) is 12.5 Å². The Morgan fingerprint density at radius 2 is 2.22 bits per heavy atom. The van der Waals surface area contributed by atoms with Crippen LogP contribution in [0.15, 0.2) is 31.5 Å². The van der Waals surface area contributed by atoms with Crippen molar-refractivity contribution >= 4 is 28.4 Å². The van der Waals surface area contributed by atoms with Gasteiger partial charge in [-0.3, -0.25) is 9.79 Å². The standard InChI is InChI=1S/C23H31N3O5S/c1-6-9-12-30-26-16(4)21-25-23(5,15-32-21)22(28)24-18(10-7-2)19-13-17(29-11-8-3)14-20(27)31-19/h3,13-14,18H,6-7,9-12,15H2,1-2,4-5H3,(H,24,28)/b26-16+/t18-,23+/m1/s1. The van der Waals surface area contributed by atoms with Crippen LogP contribution in [0.1, 0.15) is 65.2 Å². The second-order valence-electron chi connectivity index (χ2n) is 7.66. The molecule has 0 spiro atoms. The number of thioether (sulfide) groups is 1. The first-order chi connectivity index (χ1) is 15.3. The van der Waals surface area contributed by atoms with Gasteiger partial charge in [-0.25, -0.2) is 4.79 Å². The van der Waals surface area contributed by atoms with Crippen LogP contribution < -0.4 is 15.7 Å². The predicted octanol–water partition coefficient (Wildman–Crippen LogP) is 3.71. The van der Waals surface area contributed by atoms with E-state index in [0.717, 1.165) is 19.3 Å². The Balaban J connectivity index is 2.16. The molecule has 9 heteroatoms. The van der Waals surface area contributed by atoms with Crippen LogP contribution in [0.2, 0.25) is 0 Å². The summed E-state index contributed by atoms with van der Waals surface area (Å²) in [6, 6.07) is 2.31. The lowest BCUT2D eigenvalue weighted by Crippen LogP contribution is -2.45. The van der Waals surface area contributed by atoms with Gasteiger partial charge in [-0.2, -0.15) is 0 Å². The summed E-state index contributed by atoms with van der Waals surface area (Å²) in [5.41, 5.74) is -0.885. The number of amides is 1. The summed E-state index contributed by atoms with van der Waals surface area (Å²) >= 11 is 1.47. The molecule has 174 valence electrons. The number of carbonyl (C=O) groups excluding carboxylic acids is 1. The Morgan fingerprint density at radius 3 is 2.91 bits per heavy atom. The zero-order valence-electron chi connectivity index (χ0n) is 19.1. The Bertz CT molecular complexity index is 950. The molecule has 1 aromatic heterocycles. The maximum atomic E-state index is 13.2. The third-order valence-electron chi connectivity index (χ3n) is 4.74. The molecule has 2 rings (SSSR count). The highest BCUT2D eigenvalue weighted by atomic mass is 32.2. The molecule has 8 nitrogen and oxygen atoms in total. The molecule has 1 amide bonds. The maximum Gasteiger partial charge on any atom is 0.339 e. The fourth-order valence-electron chi connectivity index (χ4n) is 2.93. The van der Waals surface area contributed by atoms with Crippen molar-refractivity contribution in [3.8, 4) is 18.1 Å². The molecule has 0 saturated carbocycles. The van der Waals surface area contributed by atoms with Crippen molar-refractivity contribution in [1.29, 1.82) is 0 Å². The van der Waals surface area contributed by atoms with E-state index in [2.05, 4.69) is 28.3 Å². The summed E-state index contributed by atoms with van der Waals surface area (Å²) in [5.74, 6) is 3.21. The highest BCUT2D eigenvalue weighted by Gasteiger charge is 2.40. The Kier molecular flexibility index (Phi) is 9.85. The van der Waals surface area contributed by atoms with Crippen molar-refractivity contribution in [1.82, 2.24) is 5.32 Å². The number of carbonyl (C=O) groups is 1.